The highest BCUT2D eigenvalue weighted by Crippen LogP contribution is 2.44. The normalized spacial score (nSPS) is 14.0. The van der Waals surface area contributed by atoms with Gasteiger partial charge >= 0.3 is 18.2 Å². The Morgan fingerprint density at radius 2 is 1.36 bits per heavy atom. The number of fused-ring (bicyclic) bond motifs is 3. The van der Waals surface area contributed by atoms with Crippen LogP contribution in [0, 0.1) is 0 Å². The van der Waals surface area contributed by atoms with Crippen molar-refractivity contribution < 1.29 is 38.5 Å². The smallest absolute Gasteiger partial charge is 0.408 e. The molecule has 44 heavy (non-hydrogen) atoms. The van der Waals surface area contributed by atoms with Crippen LogP contribution in [0.3, 0.4) is 0 Å². The van der Waals surface area contributed by atoms with Gasteiger partial charge < -0.3 is 35.3 Å². The number of carbonyl (C=O) groups excluding carboxylic acids is 3. The molecule has 11 nitrogen and oxygen atoms in total. The highest BCUT2D eigenvalue weighted by Gasteiger charge is 2.30. The predicted molar refractivity (Wildman–Crippen MR) is 165 cm³/mol. The molecule has 0 spiro atoms. The van der Waals surface area contributed by atoms with E-state index in [-0.39, 0.29) is 32.1 Å². The number of carboxylic acids is 1. The maximum Gasteiger partial charge on any atom is 0.408 e. The maximum absolute atomic E-state index is 12.8. The highest BCUT2D eigenvalue weighted by molar-refractivity contribution is 5.86. The fourth-order valence-electron chi connectivity index (χ4n) is 4.81. The molecule has 0 saturated carbocycles. The summed E-state index contributed by atoms with van der Waals surface area (Å²) in [5, 5.41) is 17.4. The first kappa shape index (κ1) is 34.4. The lowest BCUT2D eigenvalue weighted by Crippen LogP contribution is -2.51. The van der Waals surface area contributed by atoms with Gasteiger partial charge in [0.1, 0.15) is 24.3 Å². The van der Waals surface area contributed by atoms with Crippen LogP contribution in [-0.2, 0) is 23.8 Å². The molecule has 2 atom stereocenters. The van der Waals surface area contributed by atoms with Crippen molar-refractivity contribution in [3.05, 3.63) is 59.7 Å². The first-order chi connectivity index (χ1) is 20.6. The van der Waals surface area contributed by atoms with Crippen molar-refractivity contribution in [1.29, 1.82) is 0 Å². The second kappa shape index (κ2) is 15.1. The van der Waals surface area contributed by atoms with E-state index in [9.17, 15) is 24.3 Å². The zero-order chi connectivity index (χ0) is 32.5. The third kappa shape index (κ3) is 10.6. The molecule has 4 N–H and O–H groups in total. The number of hydrogen-bond donors (Lipinski definition) is 4. The van der Waals surface area contributed by atoms with Crippen LogP contribution in [0.25, 0.3) is 11.1 Å². The molecule has 0 aliphatic heterocycles. The standard InChI is InChI=1S/C33H45N3O8/c1-32(2,3)43-20-27(36-31(41)44-33(4,5)6)28(37)34-18-12-11-17-26(29(38)39)35-30(40)42-19-25-23-15-9-7-13-21(23)22-14-8-10-16-24(22)25/h7-10,13-16,25-27H,11-12,17-20H2,1-6H3,(H,34,37)(H,35,40)(H,36,41)(H,38,39)/t26-,27-/m0/s1. The Morgan fingerprint density at radius 3 is 1.91 bits per heavy atom. The number of benzene rings is 2. The molecule has 2 aromatic carbocycles. The number of unbranched alkanes of at least 4 members (excludes halogenated alkanes) is 1. The number of rotatable bonds is 13. The lowest BCUT2D eigenvalue weighted by Gasteiger charge is -2.26. The molecule has 240 valence electrons. The van der Waals surface area contributed by atoms with Gasteiger partial charge in [0.25, 0.3) is 0 Å². The Hall–Kier alpha value is -4.12. The zero-order valence-corrected chi connectivity index (χ0v) is 26.4. The van der Waals surface area contributed by atoms with Crippen LogP contribution in [-0.4, -0.2) is 72.2 Å². The number of hydrogen-bond acceptors (Lipinski definition) is 7. The minimum atomic E-state index is -1.18. The molecule has 0 saturated heterocycles. The van der Waals surface area contributed by atoms with Crippen molar-refractivity contribution in [2.75, 3.05) is 19.8 Å². The molecule has 0 radical (unpaired) electrons. The summed E-state index contributed by atoms with van der Waals surface area (Å²) < 4.78 is 16.5. The number of amides is 3. The summed E-state index contributed by atoms with van der Waals surface area (Å²) in [6.45, 7) is 10.9. The fraction of sp³-hybridized carbons (Fsp3) is 0.515. The molecular formula is C33H45N3O8. The van der Waals surface area contributed by atoms with E-state index in [0.717, 1.165) is 22.3 Å². The molecule has 2 aromatic rings. The topological polar surface area (TPSA) is 152 Å². The third-order valence-electron chi connectivity index (χ3n) is 6.84. The monoisotopic (exact) mass is 611 g/mol. The molecule has 0 fully saturated rings. The van der Waals surface area contributed by atoms with Crippen molar-refractivity contribution in [3.8, 4) is 11.1 Å². The van der Waals surface area contributed by atoms with Gasteiger partial charge in [0.2, 0.25) is 5.91 Å². The fourth-order valence-corrected chi connectivity index (χ4v) is 4.81. The molecule has 0 aromatic heterocycles. The van der Waals surface area contributed by atoms with E-state index in [1.165, 1.54) is 0 Å². The lowest BCUT2D eigenvalue weighted by molar-refractivity contribution is -0.139. The number of carbonyl (C=O) groups is 4. The Bertz CT molecular complexity index is 1270. The van der Waals surface area contributed by atoms with E-state index in [1.54, 1.807) is 20.8 Å². The molecular weight excluding hydrogens is 566 g/mol. The molecule has 1 aliphatic rings. The van der Waals surface area contributed by atoms with Gasteiger partial charge in [-0.3, -0.25) is 4.79 Å². The van der Waals surface area contributed by atoms with Gasteiger partial charge in [-0.05, 0) is 83.1 Å². The van der Waals surface area contributed by atoms with E-state index >= 15 is 0 Å². The summed E-state index contributed by atoms with van der Waals surface area (Å²) >= 11 is 0. The first-order valence-corrected chi connectivity index (χ1v) is 14.9. The molecule has 3 amide bonds. The largest absolute Gasteiger partial charge is 0.480 e. The summed E-state index contributed by atoms with van der Waals surface area (Å²) in [5.74, 6) is -1.77. The van der Waals surface area contributed by atoms with Crippen LogP contribution in [0.15, 0.2) is 48.5 Å². The minimum Gasteiger partial charge on any atom is -0.480 e. The Kier molecular flexibility index (Phi) is 11.8. The van der Waals surface area contributed by atoms with E-state index in [1.807, 2.05) is 69.3 Å². The van der Waals surface area contributed by atoms with Gasteiger partial charge in [0.15, 0.2) is 0 Å². The molecule has 3 rings (SSSR count). The zero-order valence-electron chi connectivity index (χ0n) is 26.4. The molecule has 11 heteroatoms. The average molecular weight is 612 g/mol. The molecule has 1 aliphatic carbocycles. The number of alkyl carbamates (subject to hydrolysis) is 2. The molecule has 0 unspecified atom stereocenters. The van der Waals surface area contributed by atoms with Crippen molar-refractivity contribution in [2.45, 2.75) is 90.0 Å². The first-order valence-electron chi connectivity index (χ1n) is 14.9. The van der Waals surface area contributed by atoms with Gasteiger partial charge in [-0.1, -0.05) is 48.5 Å². The van der Waals surface area contributed by atoms with Crippen molar-refractivity contribution in [1.82, 2.24) is 16.0 Å². The average Bonchev–Trinajstić information content (AvgIpc) is 3.25. The molecule has 0 bridgehead atoms. The van der Waals surface area contributed by atoms with Gasteiger partial charge in [-0.2, -0.15) is 0 Å². The van der Waals surface area contributed by atoms with Gasteiger partial charge in [-0.25, -0.2) is 14.4 Å². The summed E-state index contributed by atoms with van der Waals surface area (Å²) in [5.41, 5.74) is 3.06. The number of ether oxygens (including phenoxy) is 3. The second-order valence-corrected chi connectivity index (χ2v) is 12.8. The summed E-state index contributed by atoms with van der Waals surface area (Å²) in [4.78, 5) is 49.5. The van der Waals surface area contributed by atoms with Crippen LogP contribution in [0.2, 0.25) is 0 Å². The molecule has 0 heterocycles. The van der Waals surface area contributed by atoms with Crippen molar-refractivity contribution >= 4 is 24.1 Å². The SMILES string of the molecule is CC(C)(C)OC[C@H](NC(=O)OC(C)(C)C)C(=O)NCCCC[C@H](NC(=O)OCC1c2ccccc2-c2ccccc21)C(=O)O. The van der Waals surface area contributed by atoms with Crippen LogP contribution in [0.5, 0.6) is 0 Å². The number of aliphatic carboxylic acids is 1. The van der Waals surface area contributed by atoms with Crippen molar-refractivity contribution in [2.24, 2.45) is 0 Å². The van der Waals surface area contributed by atoms with Crippen LogP contribution in [0.4, 0.5) is 9.59 Å². The van der Waals surface area contributed by atoms with E-state index in [2.05, 4.69) is 16.0 Å². The van der Waals surface area contributed by atoms with Gasteiger partial charge in [0, 0.05) is 12.5 Å². The Labute approximate surface area is 259 Å². The minimum absolute atomic E-state index is 0.0558. The van der Waals surface area contributed by atoms with E-state index in [4.69, 9.17) is 14.2 Å². The van der Waals surface area contributed by atoms with Gasteiger partial charge in [0.05, 0.1) is 12.2 Å². The predicted octanol–water partition coefficient (Wildman–Crippen LogP) is 4.97. The van der Waals surface area contributed by atoms with Crippen LogP contribution >= 0.6 is 0 Å². The summed E-state index contributed by atoms with van der Waals surface area (Å²) in [7, 11) is 0. The number of carboxylic acid groups (broad SMARTS) is 1. The van der Waals surface area contributed by atoms with E-state index in [0.29, 0.717) is 12.8 Å². The second-order valence-electron chi connectivity index (χ2n) is 12.8. The van der Waals surface area contributed by atoms with Crippen LogP contribution in [0.1, 0.15) is 77.8 Å². The highest BCUT2D eigenvalue weighted by atomic mass is 16.6. The maximum atomic E-state index is 12.8. The summed E-state index contributed by atoms with van der Waals surface area (Å²) in [6.07, 6.45) is -0.548. The Morgan fingerprint density at radius 1 is 0.795 bits per heavy atom. The van der Waals surface area contributed by atoms with Crippen molar-refractivity contribution in [3.63, 3.8) is 0 Å². The third-order valence-corrected chi connectivity index (χ3v) is 6.84. The summed E-state index contributed by atoms with van der Waals surface area (Å²) in [6, 6.07) is 13.8. The quantitative estimate of drug-likeness (QED) is 0.232. The van der Waals surface area contributed by atoms with E-state index < -0.39 is 47.3 Å². The Balaban J connectivity index is 1.45. The van der Waals surface area contributed by atoms with Gasteiger partial charge in [-0.15, -0.1) is 0 Å². The van der Waals surface area contributed by atoms with Crippen LogP contribution < -0.4 is 16.0 Å². The lowest BCUT2D eigenvalue weighted by atomic mass is 9.98. The number of nitrogens with one attached hydrogen (secondary N) is 3.